The van der Waals surface area contributed by atoms with E-state index >= 15 is 0 Å². The normalized spacial score (nSPS) is 28.1. The van der Waals surface area contributed by atoms with E-state index in [0.29, 0.717) is 11.2 Å². The second kappa shape index (κ2) is 6.97. The monoisotopic (exact) mass is 407 g/mol. The molecule has 0 spiro atoms. The van der Waals surface area contributed by atoms with Gasteiger partial charge in [0.1, 0.15) is 24.2 Å². The predicted molar refractivity (Wildman–Crippen MR) is 90.6 cm³/mol. The molecule has 5 atom stereocenters. The van der Waals surface area contributed by atoms with Crippen LogP contribution in [0.25, 0.3) is 11.2 Å². The molecule has 0 saturated carbocycles. The van der Waals surface area contributed by atoms with E-state index in [9.17, 15) is 18.9 Å². The van der Waals surface area contributed by atoms with Crippen LogP contribution in [0.15, 0.2) is 12.7 Å². The Morgan fingerprint density at radius 2 is 2.04 bits per heavy atom. The lowest BCUT2D eigenvalue weighted by Crippen LogP contribution is -2.28. The Hall–Kier alpha value is -1.39. The maximum Gasteiger partial charge on any atom is 0.325 e. The molecule has 1 aliphatic rings. The summed E-state index contributed by atoms with van der Waals surface area (Å²) in [6.45, 7) is 1.81. The summed E-state index contributed by atoms with van der Waals surface area (Å²) in [5, 5.41) is 0. The lowest BCUT2D eigenvalue weighted by Gasteiger charge is -2.20. The smallest absolute Gasteiger partial charge is 0.325 e. The summed E-state index contributed by atoms with van der Waals surface area (Å²) in [5.74, 6) is 0.208. The minimum atomic E-state index is -3.81. The van der Waals surface area contributed by atoms with Crippen molar-refractivity contribution in [3.63, 3.8) is 0 Å². The van der Waals surface area contributed by atoms with Gasteiger partial charge in [0.15, 0.2) is 11.5 Å². The Morgan fingerprint density at radius 3 is 2.69 bits per heavy atom. The van der Waals surface area contributed by atoms with E-state index in [4.69, 9.17) is 19.5 Å². The zero-order valence-corrected chi connectivity index (χ0v) is 15.8. The van der Waals surface area contributed by atoms with Crippen LogP contribution in [-0.2, 0) is 22.9 Å². The van der Waals surface area contributed by atoms with Gasteiger partial charge in [0.2, 0.25) is 0 Å². The summed E-state index contributed by atoms with van der Waals surface area (Å²) in [7, 11) is -7.56. The van der Waals surface area contributed by atoms with E-state index in [-0.39, 0.29) is 18.8 Å². The quantitative estimate of drug-likeness (QED) is 0.576. The summed E-state index contributed by atoms with van der Waals surface area (Å²) in [5.41, 5.74) is 6.58. The number of nitrogens with zero attached hydrogens (tertiary/aromatic N) is 4. The van der Waals surface area contributed by atoms with Crippen LogP contribution < -0.4 is 5.73 Å². The Balaban J connectivity index is 1.85. The van der Waals surface area contributed by atoms with Crippen molar-refractivity contribution in [3.05, 3.63) is 12.7 Å². The second-order valence-electron chi connectivity index (χ2n) is 5.99. The molecule has 12 nitrogen and oxygen atoms in total. The molecule has 1 saturated heterocycles. The number of ether oxygens (including phenoxy) is 1. The van der Waals surface area contributed by atoms with Crippen LogP contribution in [0.5, 0.6) is 0 Å². The van der Waals surface area contributed by atoms with Crippen molar-refractivity contribution in [2.75, 3.05) is 25.7 Å². The van der Waals surface area contributed by atoms with Crippen LogP contribution in [0.1, 0.15) is 12.6 Å². The van der Waals surface area contributed by atoms with Gasteiger partial charge in [-0.2, -0.15) is 0 Å². The number of hydrogen-bond acceptors (Lipinski definition) is 9. The maximum atomic E-state index is 11.6. The lowest BCUT2D eigenvalue weighted by atomic mass is 10.2. The van der Waals surface area contributed by atoms with Crippen LogP contribution in [0.3, 0.4) is 0 Å². The molecule has 4 N–H and O–H groups in total. The molecule has 3 heterocycles. The fourth-order valence-corrected chi connectivity index (χ4v) is 3.82. The molecule has 0 amide bonds. The van der Waals surface area contributed by atoms with E-state index in [1.165, 1.54) is 12.7 Å². The van der Waals surface area contributed by atoms with Crippen LogP contribution in [0, 0.1) is 0 Å². The number of anilines is 1. The van der Waals surface area contributed by atoms with E-state index < -0.39 is 33.6 Å². The molecule has 0 radical (unpaired) electrons. The molecule has 14 heteroatoms. The highest BCUT2D eigenvalue weighted by Gasteiger charge is 2.41. The Labute approximate surface area is 148 Å². The van der Waals surface area contributed by atoms with Gasteiger partial charge >= 0.3 is 15.2 Å². The zero-order chi connectivity index (χ0) is 19.1. The lowest BCUT2D eigenvalue weighted by molar-refractivity contribution is -0.0364. The van der Waals surface area contributed by atoms with Crippen LogP contribution in [0.4, 0.5) is 5.82 Å². The second-order valence-corrected chi connectivity index (χ2v) is 9.67. The number of fused-ring (bicyclic) bond motifs is 1. The molecule has 1 fully saturated rings. The molecule has 2 aromatic rings. The molecule has 0 bridgehead atoms. The third kappa shape index (κ3) is 4.47. The maximum absolute atomic E-state index is 11.6. The zero-order valence-electron chi connectivity index (χ0n) is 14.0. The fourth-order valence-electron chi connectivity index (χ4n) is 2.68. The topological polar surface area (TPSA) is 172 Å². The number of nitrogen functional groups attached to an aromatic ring is 1. The number of hydrogen-bond donors (Lipinski definition) is 3. The van der Waals surface area contributed by atoms with Crippen molar-refractivity contribution >= 4 is 32.2 Å². The highest BCUT2D eigenvalue weighted by Crippen LogP contribution is 2.45. The Kier molecular flexibility index (Phi) is 5.19. The number of rotatable bonds is 6. The van der Waals surface area contributed by atoms with Crippen molar-refractivity contribution in [2.24, 2.45) is 0 Å². The highest BCUT2D eigenvalue weighted by atomic mass is 31.2. The van der Waals surface area contributed by atoms with Gasteiger partial charge in [-0.1, -0.05) is 0 Å². The van der Waals surface area contributed by atoms with Crippen molar-refractivity contribution in [2.45, 2.75) is 24.9 Å². The predicted octanol–water partition coefficient (Wildman–Crippen LogP) is 0.728. The van der Waals surface area contributed by atoms with Gasteiger partial charge in [0, 0.05) is 19.8 Å². The molecule has 0 aromatic carbocycles. The number of nitrogens with two attached hydrogens (primary N) is 1. The summed E-state index contributed by atoms with van der Waals surface area (Å²) >= 11 is 0. The molecule has 0 aliphatic carbocycles. The van der Waals surface area contributed by atoms with Crippen LogP contribution in [0.2, 0.25) is 0 Å². The Morgan fingerprint density at radius 1 is 1.31 bits per heavy atom. The first-order chi connectivity index (χ1) is 12.0. The molecule has 4 unspecified atom stereocenters. The van der Waals surface area contributed by atoms with E-state index in [0.717, 1.165) is 13.3 Å². The van der Waals surface area contributed by atoms with E-state index in [1.54, 1.807) is 4.57 Å². The molecule has 1 aliphatic heterocycles. The van der Waals surface area contributed by atoms with Gasteiger partial charge in [0.05, 0.1) is 19.0 Å². The van der Waals surface area contributed by atoms with E-state index in [2.05, 4.69) is 15.0 Å². The first kappa shape index (κ1) is 19.4. The Bertz CT molecular complexity index is 893. The molecular weight excluding hydrogens is 388 g/mol. The third-order valence-electron chi connectivity index (χ3n) is 3.69. The van der Waals surface area contributed by atoms with Gasteiger partial charge in [-0.25, -0.2) is 15.0 Å². The standard InChI is InChI=1S/C12H19N5O7P2/c1-25(18,19)22-4-8-7(24-26(2,20)21)3-9(23-8)17-6-16-10-11(13)14-5-15-12(10)17/h5-9H,3-4H2,1-2H3,(H,18,19)(H,20,21)(H2,13,14,15)/t7-,8?,9?/m0/s1. The van der Waals surface area contributed by atoms with Gasteiger partial charge in [-0.3, -0.25) is 13.7 Å². The van der Waals surface area contributed by atoms with Crippen LogP contribution in [-0.4, -0.2) is 61.5 Å². The first-order valence-corrected chi connectivity index (χ1v) is 11.6. The summed E-state index contributed by atoms with van der Waals surface area (Å²) in [6, 6.07) is 0. The molecular formula is C12H19N5O7P2. The van der Waals surface area contributed by atoms with Crippen molar-refractivity contribution in [1.82, 2.24) is 19.5 Å². The first-order valence-electron chi connectivity index (χ1n) is 7.55. The van der Waals surface area contributed by atoms with Gasteiger partial charge in [-0.15, -0.1) is 0 Å². The third-order valence-corrected chi connectivity index (χ3v) is 4.98. The summed E-state index contributed by atoms with van der Waals surface area (Å²) in [6.07, 6.45) is 0.617. The molecule has 3 rings (SSSR count). The number of imidazole rings is 1. The number of aromatic nitrogens is 4. The molecule has 26 heavy (non-hydrogen) atoms. The molecule has 2 aromatic heterocycles. The minimum absolute atomic E-state index is 0.182. The van der Waals surface area contributed by atoms with Gasteiger partial charge in [-0.05, 0) is 0 Å². The SMILES string of the molecule is CP(=O)(O)OCC1OC(n2cnc3c(N)ncnc32)C[C@@H]1OP(C)(=O)O. The minimum Gasteiger partial charge on any atom is -0.382 e. The summed E-state index contributed by atoms with van der Waals surface area (Å²) < 4.78 is 40.5. The van der Waals surface area contributed by atoms with Crippen molar-refractivity contribution in [1.29, 1.82) is 0 Å². The van der Waals surface area contributed by atoms with Gasteiger partial charge in [0.25, 0.3) is 0 Å². The average molecular weight is 407 g/mol. The van der Waals surface area contributed by atoms with E-state index in [1.807, 2.05) is 0 Å². The fraction of sp³-hybridized carbons (Fsp3) is 0.583. The summed E-state index contributed by atoms with van der Waals surface area (Å²) in [4.78, 5) is 31.0. The van der Waals surface area contributed by atoms with Crippen molar-refractivity contribution < 1.29 is 32.7 Å². The average Bonchev–Trinajstić information content (AvgIpc) is 3.07. The highest BCUT2D eigenvalue weighted by molar-refractivity contribution is 7.52. The largest absolute Gasteiger partial charge is 0.382 e. The van der Waals surface area contributed by atoms with Gasteiger partial charge < -0.3 is 29.3 Å². The van der Waals surface area contributed by atoms with Crippen molar-refractivity contribution in [3.8, 4) is 0 Å². The molecule has 144 valence electrons. The van der Waals surface area contributed by atoms with Crippen LogP contribution >= 0.6 is 15.2 Å².